The van der Waals surface area contributed by atoms with E-state index < -0.39 is 0 Å². The van der Waals surface area contributed by atoms with Gasteiger partial charge in [-0.3, -0.25) is 0 Å². The van der Waals surface area contributed by atoms with Crippen molar-refractivity contribution in [3.63, 3.8) is 0 Å². The number of hydrogen-bond donors (Lipinski definition) is 0. The Bertz CT molecular complexity index is 2100. The van der Waals surface area contributed by atoms with Gasteiger partial charge >= 0.3 is 41.9 Å². The SMILES string of the molecule is C[Si](C)=[Zr+2].Cc1cc2c(-c3ccccc3)c(C)c(C)cc2[cH-]1.Cc1ccc(-c2cc3c(-c4ccccc4)c(C)c(C)cc3[cH-]2)o1.Cl.Cl. The van der Waals surface area contributed by atoms with E-state index in [1.807, 2.05) is 19.1 Å². The van der Waals surface area contributed by atoms with Gasteiger partial charge in [0.1, 0.15) is 0 Å². The minimum atomic E-state index is 0. The molecule has 0 saturated heterocycles. The summed E-state index contributed by atoms with van der Waals surface area (Å²) in [6.45, 7) is 17.6. The Morgan fingerprint density at radius 2 is 1.02 bits per heavy atom. The van der Waals surface area contributed by atoms with E-state index in [1.165, 1.54) is 71.6 Å². The summed E-state index contributed by atoms with van der Waals surface area (Å²) in [7, 11) is 0. The third-order valence-corrected chi connectivity index (χ3v) is 8.35. The smallest absolute Gasteiger partial charge is 0.0896 e. The average Bonchev–Trinajstić information content (AvgIpc) is 3.73. The summed E-state index contributed by atoms with van der Waals surface area (Å²) in [5.74, 6) is 1.88. The summed E-state index contributed by atoms with van der Waals surface area (Å²) in [6.07, 6.45) is 0. The number of aryl methyl sites for hydroxylation is 4. The van der Waals surface area contributed by atoms with Crippen LogP contribution in [-0.4, -0.2) is 5.43 Å². The number of furan rings is 1. The Morgan fingerprint density at radius 1 is 0.574 bits per heavy atom. The van der Waals surface area contributed by atoms with Gasteiger partial charge in [-0.25, -0.2) is 0 Å². The normalized spacial score (nSPS) is 10.3. The zero-order chi connectivity index (χ0) is 32.2. The second-order valence-corrected chi connectivity index (χ2v) is 21.7. The number of rotatable bonds is 3. The van der Waals surface area contributed by atoms with Crippen molar-refractivity contribution in [2.45, 2.75) is 54.6 Å². The topological polar surface area (TPSA) is 13.1 Å². The fourth-order valence-electron chi connectivity index (χ4n) is 6.04. The van der Waals surface area contributed by atoms with Gasteiger partial charge in [-0.1, -0.05) is 101 Å². The first kappa shape index (κ1) is 38.5. The van der Waals surface area contributed by atoms with E-state index in [9.17, 15) is 0 Å². The molecule has 7 rings (SSSR count). The van der Waals surface area contributed by atoms with Crippen molar-refractivity contribution in [1.29, 1.82) is 0 Å². The molecule has 0 bridgehead atoms. The van der Waals surface area contributed by atoms with Crippen LogP contribution in [0.1, 0.15) is 33.6 Å². The molecule has 0 saturated carbocycles. The van der Waals surface area contributed by atoms with Gasteiger partial charge in [0.05, 0.1) is 11.5 Å². The number of halogens is 2. The third-order valence-electron chi connectivity index (χ3n) is 8.35. The van der Waals surface area contributed by atoms with Crippen molar-refractivity contribution >= 4 is 51.8 Å². The van der Waals surface area contributed by atoms with Crippen LogP contribution in [0.15, 0.2) is 114 Å². The molecule has 0 aliphatic carbocycles. The van der Waals surface area contributed by atoms with E-state index in [-0.39, 0.29) is 30.2 Å². The molecule has 0 radical (unpaired) electrons. The largest absolute Gasteiger partial charge is 0.496 e. The first-order chi connectivity index (χ1) is 21.5. The van der Waals surface area contributed by atoms with E-state index in [4.69, 9.17) is 4.42 Å². The fourth-order valence-corrected chi connectivity index (χ4v) is 6.04. The van der Waals surface area contributed by atoms with Crippen molar-refractivity contribution in [2.24, 2.45) is 0 Å². The van der Waals surface area contributed by atoms with Gasteiger partial charge in [-0.15, -0.1) is 82.3 Å². The second kappa shape index (κ2) is 16.9. The van der Waals surface area contributed by atoms with Crippen molar-refractivity contribution in [3.05, 3.63) is 143 Å². The van der Waals surface area contributed by atoms with Crippen molar-refractivity contribution in [1.82, 2.24) is 0 Å². The Labute approximate surface area is 308 Å². The molecule has 7 aromatic rings. The maximum atomic E-state index is 5.81. The first-order valence-corrected chi connectivity index (χ1v) is 21.8. The molecule has 0 N–H and O–H groups in total. The van der Waals surface area contributed by atoms with Gasteiger partial charge in [0.25, 0.3) is 0 Å². The number of benzene rings is 4. The summed E-state index contributed by atoms with van der Waals surface area (Å²) in [6, 6.07) is 39.0. The van der Waals surface area contributed by atoms with E-state index in [0.29, 0.717) is 0 Å². The summed E-state index contributed by atoms with van der Waals surface area (Å²) in [4.78, 5) is 0. The minimum Gasteiger partial charge on any atom is -0.496 e. The summed E-state index contributed by atoms with van der Waals surface area (Å²) >= 11 is 1.74. The minimum absolute atomic E-state index is 0. The first-order valence-electron chi connectivity index (χ1n) is 15.6. The van der Waals surface area contributed by atoms with E-state index in [1.54, 1.807) is 23.3 Å². The van der Waals surface area contributed by atoms with Crippen LogP contribution in [0.2, 0.25) is 13.1 Å². The van der Waals surface area contributed by atoms with Gasteiger partial charge < -0.3 is 4.42 Å². The maximum absolute atomic E-state index is 5.81. The molecule has 0 unspecified atom stereocenters. The maximum Gasteiger partial charge on any atom is 0.0896 e. The molecule has 6 aromatic carbocycles. The molecule has 0 spiro atoms. The van der Waals surface area contributed by atoms with Gasteiger partial charge in [-0.05, 0) is 63.4 Å². The Kier molecular flexibility index (Phi) is 13.9. The van der Waals surface area contributed by atoms with Crippen molar-refractivity contribution < 1.29 is 27.8 Å². The molecule has 1 aromatic heterocycles. The van der Waals surface area contributed by atoms with Gasteiger partial charge in [0.15, 0.2) is 0 Å². The van der Waals surface area contributed by atoms with Crippen LogP contribution in [0.5, 0.6) is 0 Å². The molecule has 47 heavy (non-hydrogen) atoms. The second-order valence-electron chi connectivity index (χ2n) is 12.3. The molecule has 0 aliphatic heterocycles. The average molecular weight is 755 g/mol. The van der Waals surface area contributed by atoms with E-state index >= 15 is 0 Å². The van der Waals surface area contributed by atoms with E-state index in [2.05, 4.69) is 145 Å². The quantitative estimate of drug-likeness (QED) is 0.129. The van der Waals surface area contributed by atoms with Crippen LogP contribution < -0.4 is 0 Å². The van der Waals surface area contributed by atoms with Crippen molar-refractivity contribution in [2.75, 3.05) is 0 Å². The van der Waals surface area contributed by atoms with Crippen LogP contribution in [0, 0.1) is 41.5 Å². The van der Waals surface area contributed by atoms with Crippen LogP contribution >= 0.6 is 24.8 Å². The van der Waals surface area contributed by atoms with Crippen LogP contribution in [-0.2, 0) is 23.3 Å². The van der Waals surface area contributed by atoms with Gasteiger partial charge in [0, 0.05) is 0 Å². The Morgan fingerprint density at radius 3 is 1.47 bits per heavy atom. The summed E-state index contributed by atoms with van der Waals surface area (Å²) < 4.78 is 5.81. The van der Waals surface area contributed by atoms with Crippen LogP contribution in [0.4, 0.5) is 0 Å². The molecule has 240 valence electrons. The molecule has 5 heteroatoms. The molecule has 1 heterocycles. The number of hydrogen-bond acceptors (Lipinski definition) is 1. The summed E-state index contributed by atoms with van der Waals surface area (Å²) in [5, 5.41) is 5.30. The Balaban J connectivity index is 0.000000226. The molecular weight excluding hydrogens is 711 g/mol. The van der Waals surface area contributed by atoms with Gasteiger partial charge in [0.2, 0.25) is 0 Å². The molecule has 0 amide bonds. The molecule has 1 nitrogen and oxygen atoms in total. The monoisotopic (exact) mass is 752 g/mol. The van der Waals surface area contributed by atoms with Crippen molar-refractivity contribution in [3.8, 4) is 33.6 Å². The molecule has 0 aliphatic rings. The summed E-state index contributed by atoms with van der Waals surface area (Å²) in [5.41, 5.74) is 13.4. The fraction of sp³-hybridized carbons (Fsp3) is 0.190. The third kappa shape index (κ3) is 8.95. The zero-order valence-electron chi connectivity index (χ0n) is 28.6. The standard InChI is InChI=1S/C22H19O.C18H17.C2H6Si.2ClH.Zr/c1-14-11-18-12-19(21-10-9-15(2)23-21)13-20(18)22(16(14)3)17-7-5-4-6-8-17;1-12-9-16-11-13(2)14(3)18(17(16)10-12)15-7-5-4-6-8-15;1-3-2;;;/h4-13H,1-3H3;4-11H,1-3H3;1-2H3;2*1H;/q2*-1;;;;+2. The number of fused-ring (bicyclic) bond motifs is 2. The van der Waals surface area contributed by atoms with E-state index in [0.717, 1.165) is 17.1 Å². The van der Waals surface area contributed by atoms with Crippen LogP contribution in [0.25, 0.3) is 55.1 Å². The zero-order valence-corrected chi connectivity index (χ0v) is 33.7. The molecule has 0 fully saturated rings. The molecule has 0 atom stereocenters. The van der Waals surface area contributed by atoms with Crippen LogP contribution in [0.3, 0.4) is 0 Å². The Hall–Kier alpha value is -2.94. The van der Waals surface area contributed by atoms with Gasteiger partial charge in [-0.2, -0.15) is 6.07 Å². The molecular formula is C42H44Cl2OSiZr. The predicted molar refractivity (Wildman–Crippen MR) is 208 cm³/mol. The predicted octanol–water partition coefficient (Wildman–Crippen LogP) is 13.2.